The highest BCUT2D eigenvalue weighted by Gasteiger charge is 2.51. The van der Waals surface area contributed by atoms with Crippen molar-refractivity contribution >= 4 is 28.9 Å². The largest absolute Gasteiger partial charge is 0.399 e. The molecule has 1 fully saturated rings. The highest BCUT2D eigenvalue weighted by molar-refractivity contribution is 6.29. The van der Waals surface area contributed by atoms with Crippen molar-refractivity contribution < 1.29 is 4.79 Å². The third-order valence-corrected chi connectivity index (χ3v) is 4.16. The first-order valence-corrected chi connectivity index (χ1v) is 7.20. The van der Waals surface area contributed by atoms with Gasteiger partial charge in [-0.2, -0.15) is 0 Å². The van der Waals surface area contributed by atoms with E-state index in [4.69, 9.17) is 17.3 Å². The van der Waals surface area contributed by atoms with Crippen molar-refractivity contribution in [1.82, 2.24) is 4.98 Å². The number of nitrogens with two attached hydrogens (primary N) is 1. The lowest BCUT2D eigenvalue weighted by Gasteiger charge is -2.17. The van der Waals surface area contributed by atoms with Crippen molar-refractivity contribution in [3.63, 3.8) is 0 Å². The summed E-state index contributed by atoms with van der Waals surface area (Å²) < 4.78 is 0. The minimum Gasteiger partial charge on any atom is -0.399 e. The first-order chi connectivity index (χ1) is 10.0. The molecule has 0 aliphatic heterocycles. The normalized spacial score (nSPS) is 15.5. The van der Waals surface area contributed by atoms with Gasteiger partial charge in [-0.05, 0) is 49.6 Å². The van der Waals surface area contributed by atoms with Gasteiger partial charge < -0.3 is 11.1 Å². The number of nitrogen functional groups attached to an aromatic ring is 1. The molecule has 0 bridgehead atoms. The number of carbonyl (C=O) groups excluding carboxylic acids is 1. The van der Waals surface area contributed by atoms with Gasteiger partial charge in [0.05, 0.1) is 16.8 Å². The van der Waals surface area contributed by atoms with E-state index in [2.05, 4.69) is 10.3 Å². The Hall–Kier alpha value is -2.07. The quantitative estimate of drug-likeness (QED) is 0.675. The number of hydrogen-bond donors (Lipinski definition) is 2. The summed E-state index contributed by atoms with van der Waals surface area (Å²) in [4.78, 5) is 16.8. The number of hydrogen-bond acceptors (Lipinski definition) is 3. The van der Waals surface area contributed by atoms with Gasteiger partial charge in [0, 0.05) is 5.69 Å². The number of carbonyl (C=O) groups is 1. The SMILES string of the molecule is Cc1nc(Cl)ccc1NC(=O)C1(c2ccc(N)cc2)CC1. The Labute approximate surface area is 128 Å². The van der Waals surface area contributed by atoms with Crippen LogP contribution in [0, 0.1) is 6.92 Å². The second kappa shape index (κ2) is 5.04. The first-order valence-electron chi connectivity index (χ1n) is 6.82. The number of amides is 1. The molecule has 0 radical (unpaired) electrons. The van der Waals surface area contributed by atoms with Gasteiger partial charge in [-0.3, -0.25) is 4.79 Å². The van der Waals surface area contributed by atoms with Gasteiger partial charge in [0.1, 0.15) is 5.15 Å². The van der Waals surface area contributed by atoms with Crippen molar-refractivity contribution in [1.29, 1.82) is 0 Å². The second-order valence-corrected chi connectivity index (χ2v) is 5.81. The smallest absolute Gasteiger partial charge is 0.235 e. The summed E-state index contributed by atoms with van der Waals surface area (Å²) in [5.74, 6) is -0.000469. The standard InChI is InChI=1S/C16H16ClN3O/c1-10-13(6-7-14(17)19-10)20-15(21)16(8-9-16)11-2-4-12(18)5-3-11/h2-7H,8-9,18H2,1H3,(H,20,21). The summed E-state index contributed by atoms with van der Waals surface area (Å²) in [6.07, 6.45) is 1.70. The third-order valence-electron chi connectivity index (χ3n) is 3.95. The Morgan fingerprint density at radius 2 is 1.90 bits per heavy atom. The lowest BCUT2D eigenvalue weighted by Crippen LogP contribution is -2.28. The molecule has 3 rings (SSSR count). The first kappa shape index (κ1) is 13.9. The van der Waals surface area contributed by atoms with Gasteiger partial charge in [0.2, 0.25) is 5.91 Å². The molecule has 1 aromatic carbocycles. The predicted octanol–water partition coefficient (Wildman–Crippen LogP) is 3.30. The van der Waals surface area contributed by atoms with E-state index >= 15 is 0 Å². The van der Waals surface area contributed by atoms with E-state index < -0.39 is 5.41 Å². The number of pyridine rings is 1. The van der Waals surface area contributed by atoms with Gasteiger partial charge in [-0.15, -0.1) is 0 Å². The molecular formula is C16H16ClN3O. The molecule has 3 N–H and O–H groups in total. The molecule has 21 heavy (non-hydrogen) atoms. The Balaban J connectivity index is 1.83. The fourth-order valence-electron chi connectivity index (χ4n) is 2.48. The van der Waals surface area contributed by atoms with E-state index in [1.807, 2.05) is 31.2 Å². The average molecular weight is 302 g/mol. The molecule has 0 saturated heterocycles. The lowest BCUT2D eigenvalue weighted by atomic mass is 9.94. The number of aryl methyl sites for hydroxylation is 1. The van der Waals surface area contributed by atoms with Crippen LogP contribution in [0.4, 0.5) is 11.4 Å². The van der Waals surface area contributed by atoms with E-state index in [1.54, 1.807) is 12.1 Å². The molecule has 108 valence electrons. The van der Waals surface area contributed by atoms with Crippen LogP contribution in [-0.4, -0.2) is 10.9 Å². The van der Waals surface area contributed by atoms with Crippen LogP contribution in [-0.2, 0) is 10.2 Å². The number of nitrogens with zero attached hydrogens (tertiary/aromatic N) is 1. The van der Waals surface area contributed by atoms with Gasteiger partial charge in [-0.25, -0.2) is 4.98 Å². The van der Waals surface area contributed by atoms with Crippen LogP contribution in [0.1, 0.15) is 24.1 Å². The number of benzene rings is 1. The maximum Gasteiger partial charge on any atom is 0.235 e. The van der Waals surface area contributed by atoms with E-state index in [-0.39, 0.29) is 5.91 Å². The molecule has 2 aromatic rings. The van der Waals surface area contributed by atoms with Crippen molar-refractivity contribution in [3.05, 3.63) is 52.8 Å². The number of halogens is 1. The maximum absolute atomic E-state index is 12.6. The summed E-state index contributed by atoms with van der Waals surface area (Å²) in [6.45, 7) is 1.82. The van der Waals surface area contributed by atoms with Crippen molar-refractivity contribution in [2.75, 3.05) is 11.1 Å². The fourth-order valence-corrected chi connectivity index (χ4v) is 2.67. The van der Waals surface area contributed by atoms with Crippen LogP contribution in [0.15, 0.2) is 36.4 Å². The molecule has 1 saturated carbocycles. The van der Waals surface area contributed by atoms with Crippen LogP contribution >= 0.6 is 11.6 Å². The summed E-state index contributed by atoms with van der Waals surface area (Å²) in [5, 5.41) is 3.38. The van der Waals surface area contributed by atoms with Crippen LogP contribution in [0.2, 0.25) is 5.15 Å². The zero-order chi connectivity index (χ0) is 15.0. The Kier molecular flexibility index (Phi) is 3.33. The van der Waals surface area contributed by atoms with Crippen LogP contribution < -0.4 is 11.1 Å². The van der Waals surface area contributed by atoms with E-state index in [9.17, 15) is 4.79 Å². The number of nitrogens with one attached hydrogen (secondary N) is 1. The molecule has 0 unspecified atom stereocenters. The van der Waals surface area contributed by atoms with E-state index in [1.165, 1.54) is 0 Å². The monoisotopic (exact) mass is 301 g/mol. The molecule has 1 aliphatic rings. The maximum atomic E-state index is 12.6. The van der Waals surface area contributed by atoms with Crippen LogP contribution in [0.3, 0.4) is 0 Å². The fraction of sp³-hybridized carbons (Fsp3) is 0.250. The topological polar surface area (TPSA) is 68.0 Å². The molecule has 4 nitrogen and oxygen atoms in total. The van der Waals surface area contributed by atoms with Crippen molar-refractivity contribution in [2.24, 2.45) is 0 Å². The van der Waals surface area contributed by atoms with Crippen LogP contribution in [0.25, 0.3) is 0 Å². The van der Waals surface area contributed by atoms with Gasteiger partial charge in [0.15, 0.2) is 0 Å². The summed E-state index contributed by atoms with van der Waals surface area (Å²) in [5.41, 5.74) is 8.39. The minimum absolute atomic E-state index is 0.000469. The van der Waals surface area contributed by atoms with E-state index in [0.29, 0.717) is 22.2 Å². The summed E-state index contributed by atoms with van der Waals surface area (Å²) in [7, 11) is 0. The lowest BCUT2D eigenvalue weighted by molar-refractivity contribution is -0.118. The third kappa shape index (κ3) is 2.59. The minimum atomic E-state index is -0.431. The highest BCUT2D eigenvalue weighted by atomic mass is 35.5. The van der Waals surface area contributed by atoms with Crippen LogP contribution in [0.5, 0.6) is 0 Å². The van der Waals surface area contributed by atoms with Gasteiger partial charge >= 0.3 is 0 Å². The molecule has 1 aromatic heterocycles. The molecule has 0 spiro atoms. The zero-order valence-electron chi connectivity index (χ0n) is 11.7. The molecule has 0 atom stereocenters. The van der Waals surface area contributed by atoms with Crippen molar-refractivity contribution in [3.8, 4) is 0 Å². The predicted molar refractivity (Wildman–Crippen MR) is 84.4 cm³/mol. The van der Waals surface area contributed by atoms with Gasteiger partial charge in [-0.1, -0.05) is 23.7 Å². The summed E-state index contributed by atoms with van der Waals surface area (Å²) in [6, 6.07) is 11.0. The van der Waals surface area contributed by atoms with Gasteiger partial charge in [0.25, 0.3) is 0 Å². The number of aromatic nitrogens is 1. The molecule has 1 heterocycles. The average Bonchev–Trinajstić information content (AvgIpc) is 3.24. The number of rotatable bonds is 3. The Morgan fingerprint density at radius 3 is 2.48 bits per heavy atom. The van der Waals surface area contributed by atoms with E-state index in [0.717, 1.165) is 18.4 Å². The summed E-state index contributed by atoms with van der Waals surface area (Å²) >= 11 is 5.83. The van der Waals surface area contributed by atoms with Crippen molar-refractivity contribution in [2.45, 2.75) is 25.2 Å². The number of anilines is 2. The molecular weight excluding hydrogens is 286 g/mol. The Morgan fingerprint density at radius 1 is 1.24 bits per heavy atom. The molecule has 5 heteroatoms. The Bertz CT molecular complexity index is 693. The second-order valence-electron chi connectivity index (χ2n) is 5.43. The highest BCUT2D eigenvalue weighted by Crippen LogP contribution is 2.49. The molecule has 1 amide bonds. The zero-order valence-corrected chi connectivity index (χ0v) is 12.4. The molecule has 1 aliphatic carbocycles.